The first-order valence-corrected chi connectivity index (χ1v) is 8.32. The molecule has 1 rings (SSSR count). The van der Waals surface area contributed by atoms with Crippen LogP contribution in [0, 0.1) is 0 Å². The first-order valence-electron chi connectivity index (χ1n) is 6.67. The van der Waals surface area contributed by atoms with Crippen molar-refractivity contribution in [2.24, 2.45) is 0 Å². The molecule has 0 aliphatic heterocycles. The summed E-state index contributed by atoms with van der Waals surface area (Å²) in [5.41, 5.74) is 0.756. The highest BCUT2D eigenvalue weighted by molar-refractivity contribution is 7.89. The van der Waals surface area contributed by atoms with Crippen molar-refractivity contribution >= 4 is 16.0 Å². The van der Waals surface area contributed by atoms with E-state index in [0.717, 1.165) is 5.56 Å². The van der Waals surface area contributed by atoms with E-state index < -0.39 is 28.1 Å². The van der Waals surface area contributed by atoms with Crippen LogP contribution in [-0.2, 0) is 26.0 Å². The van der Waals surface area contributed by atoms with Crippen molar-refractivity contribution in [3.8, 4) is 0 Å². The Morgan fingerprint density at radius 1 is 1.33 bits per heavy atom. The van der Waals surface area contributed by atoms with E-state index in [1.54, 1.807) is 24.3 Å². The van der Waals surface area contributed by atoms with Crippen molar-refractivity contribution < 1.29 is 23.1 Å². The average Bonchev–Trinajstić information content (AvgIpc) is 2.45. The highest BCUT2D eigenvalue weighted by Crippen LogP contribution is 2.06. The van der Waals surface area contributed by atoms with Crippen molar-refractivity contribution in [3.63, 3.8) is 0 Å². The summed E-state index contributed by atoms with van der Waals surface area (Å²) in [5, 5.41) is 9.19. The van der Waals surface area contributed by atoms with Crippen LogP contribution >= 0.6 is 0 Å². The molecule has 7 heteroatoms. The maximum atomic E-state index is 12.0. The van der Waals surface area contributed by atoms with E-state index in [2.05, 4.69) is 4.72 Å². The summed E-state index contributed by atoms with van der Waals surface area (Å²) in [6.45, 7) is 1.81. The number of methoxy groups -OCH3 is 1. The minimum atomic E-state index is -3.73. The molecule has 118 valence electrons. The van der Waals surface area contributed by atoms with Gasteiger partial charge in [0.2, 0.25) is 10.0 Å². The molecular formula is C14H21NO5S. The Hall–Kier alpha value is -1.44. The zero-order valence-electron chi connectivity index (χ0n) is 12.2. The van der Waals surface area contributed by atoms with E-state index >= 15 is 0 Å². The number of carboxylic acid groups (broad SMARTS) is 1. The molecule has 0 aliphatic carbocycles. The summed E-state index contributed by atoms with van der Waals surface area (Å²) in [5.74, 6) is -1.45. The van der Waals surface area contributed by atoms with Crippen LogP contribution in [0.25, 0.3) is 0 Å². The Bertz CT molecular complexity index is 540. The smallest absolute Gasteiger partial charge is 0.322 e. The third-order valence-corrected chi connectivity index (χ3v) is 4.55. The van der Waals surface area contributed by atoms with Gasteiger partial charge in [0.25, 0.3) is 0 Å². The van der Waals surface area contributed by atoms with Crippen molar-refractivity contribution in [1.82, 2.24) is 4.72 Å². The fourth-order valence-electron chi connectivity index (χ4n) is 1.89. The summed E-state index contributed by atoms with van der Waals surface area (Å²) in [6, 6.07) is 7.70. The molecule has 0 amide bonds. The quantitative estimate of drug-likeness (QED) is 0.710. The van der Waals surface area contributed by atoms with E-state index in [1.165, 1.54) is 7.11 Å². The molecule has 1 aromatic rings. The lowest BCUT2D eigenvalue weighted by molar-refractivity contribution is -0.138. The van der Waals surface area contributed by atoms with Gasteiger partial charge in [0, 0.05) is 7.11 Å². The van der Waals surface area contributed by atoms with Gasteiger partial charge >= 0.3 is 5.97 Å². The predicted octanol–water partition coefficient (Wildman–Crippen LogP) is 1.03. The number of ether oxygens (including phenoxy) is 1. The lowest BCUT2D eigenvalue weighted by Gasteiger charge is -2.18. The molecular weight excluding hydrogens is 294 g/mol. The zero-order valence-corrected chi connectivity index (χ0v) is 13.0. The molecule has 2 atom stereocenters. The van der Waals surface area contributed by atoms with Crippen LogP contribution in [0.15, 0.2) is 30.3 Å². The van der Waals surface area contributed by atoms with Crippen LogP contribution < -0.4 is 4.72 Å². The normalized spacial score (nSPS) is 14.6. The summed E-state index contributed by atoms with van der Waals surface area (Å²) in [4.78, 5) is 11.2. The molecule has 0 radical (unpaired) electrons. The van der Waals surface area contributed by atoms with Gasteiger partial charge in [-0.3, -0.25) is 4.79 Å². The SMILES string of the molecule is CCC(CS(=O)(=O)N[C@H](Cc1ccccc1)C(=O)O)OC. The molecule has 6 nitrogen and oxygen atoms in total. The largest absolute Gasteiger partial charge is 0.480 e. The second-order valence-electron chi connectivity index (χ2n) is 4.75. The molecule has 0 bridgehead atoms. The summed E-state index contributed by atoms with van der Waals surface area (Å²) < 4.78 is 31.3. The number of aliphatic carboxylic acids is 1. The second kappa shape index (κ2) is 8.11. The third-order valence-electron chi connectivity index (χ3n) is 3.10. The number of hydrogen-bond donors (Lipinski definition) is 2. The first-order chi connectivity index (χ1) is 9.88. The molecule has 0 aromatic heterocycles. The minimum absolute atomic E-state index is 0.0964. The summed E-state index contributed by atoms with van der Waals surface area (Å²) in [6.07, 6.45) is 0.182. The number of nitrogens with one attached hydrogen (secondary N) is 1. The van der Waals surface area contributed by atoms with E-state index in [4.69, 9.17) is 4.74 Å². The van der Waals surface area contributed by atoms with E-state index in [9.17, 15) is 18.3 Å². The number of carbonyl (C=O) groups is 1. The number of benzene rings is 1. The van der Waals surface area contributed by atoms with Gasteiger partial charge in [-0.1, -0.05) is 37.3 Å². The van der Waals surface area contributed by atoms with Gasteiger partial charge in [0.1, 0.15) is 6.04 Å². The fourth-order valence-corrected chi connectivity index (χ4v) is 3.47. The van der Waals surface area contributed by atoms with Gasteiger partial charge in [0.15, 0.2) is 0 Å². The van der Waals surface area contributed by atoms with Crippen LogP contribution in [0.1, 0.15) is 18.9 Å². The molecule has 0 fully saturated rings. The van der Waals surface area contributed by atoms with E-state index in [-0.39, 0.29) is 12.2 Å². The molecule has 2 N–H and O–H groups in total. The van der Waals surface area contributed by atoms with Crippen LogP contribution in [0.5, 0.6) is 0 Å². The second-order valence-corrected chi connectivity index (χ2v) is 6.54. The Kier molecular flexibility index (Phi) is 6.80. The van der Waals surface area contributed by atoms with Gasteiger partial charge in [0.05, 0.1) is 11.9 Å². The molecule has 0 saturated heterocycles. The van der Waals surface area contributed by atoms with Crippen LogP contribution in [0.4, 0.5) is 0 Å². The highest BCUT2D eigenvalue weighted by atomic mass is 32.2. The predicted molar refractivity (Wildman–Crippen MR) is 79.6 cm³/mol. The van der Waals surface area contributed by atoms with Gasteiger partial charge in [-0.15, -0.1) is 0 Å². The topological polar surface area (TPSA) is 92.7 Å². The van der Waals surface area contributed by atoms with Crippen LogP contribution in [0.2, 0.25) is 0 Å². The molecule has 0 spiro atoms. The Morgan fingerprint density at radius 2 is 1.95 bits per heavy atom. The Balaban J connectivity index is 2.76. The molecule has 21 heavy (non-hydrogen) atoms. The van der Waals surface area contributed by atoms with Crippen molar-refractivity contribution in [2.45, 2.75) is 31.9 Å². The fraction of sp³-hybridized carbons (Fsp3) is 0.500. The standard InChI is InChI=1S/C14H21NO5S/c1-3-12(20-2)10-21(18,19)15-13(14(16)17)9-11-7-5-4-6-8-11/h4-8,12-13,15H,3,9-10H2,1-2H3,(H,16,17)/t12?,13-/m1/s1. The monoisotopic (exact) mass is 315 g/mol. The van der Waals surface area contributed by atoms with Gasteiger partial charge in [-0.2, -0.15) is 0 Å². The van der Waals surface area contributed by atoms with Gasteiger partial charge in [-0.25, -0.2) is 13.1 Å². The lowest BCUT2D eigenvalue weighted by Crippen LogP contribution is -2.45. The minimum Gasteiger partial charge on any atom is -0.480 e. The maximum absolute atomic E-state index is 12.0. The first kappa shape index (κ1) is 17.6. The van der Waals surface area contributed by atoms with Crippen molar-refractivity contribution in [3.05, 3.63) is 35.9 Å². The maximum Gasteiger partial charge on any atom is 0.322 e. The van der Waals surface area contributed by atoms with Crippen LogP contribution in [-0.4, -0.2) is 44.5 Å². The third kappa shape index (κ3) is 6.24. The number of carboxylic acids is 1. The number of hydrogen-bond acceptors (Lipinski definition) is 4. The highest BCUT2D eigenvalue weighted by Gasteiger charge is 2.26. The molecule has 0 aliphatic rings. The average molecular weight is 315 g/mol. The zero-order chi connectivity index (χ0) is 15.9. The molecule has 1 aromatic carbocycles. The summed E-state index contributed by atoms with van der Waals surface area (Å²) in [7, 11) is -2.29. The Morgan fingerprint density at radius 3 is 2.43 bits per heavy atom. The van der Waals surface area contributed by atoms with E-state index in [1.807, 2.05) is 13.0 Å². The van der Waals surface area contributed by atoms with E-state index in [0.29, 0.717) is 6.42 Å². The van der Waals surface area contributed by atoms with Crippen molar-refractivity contribution in [1.29, 1.82) is 0 Å². The van der Waals surface area contributed by atoms with Gasteiger partial charge in [-0.05, 0) is 18.4 Å². The Labute approximate surface area is 125 Å². The molecule has 0 heterocycles. The molecule has 0 saturated carbocycles. The van der Waals surface area contributed by atoms with Crippen LogP contribution in [0.3, 0.4) is 0 Å². The number of sulfonamides is 1. The van der Waals surface area contributed by atoms with Crippen molar-refractivity contribution in [2.75, 3.05) is 12.9 Å². The lowest BCUT2D eigenvalue weighted by atomic mass is 10.1. The summed E-state index contributed by atoms with van der Waals surface area (Å²) >= 11 is 0. The molecule has 1 unspecified atom stereocenters. The van der Waals surface area contributed by atoms with Gasteiger partial charge < -0.3 is 9.84 Å². The number of rotatable bonds is 9.